The Kier molecular flexibility index (Phi) is 5.00. The monoisotopic (exact) mass is 354 g/mol. The number of rotatable bonds is 5. The van der Waals surface area contributed by atoms with Crippen molar-refractivity contribution in [2.75, 3.05) is 6.61 Å². The maximum atomic E-state index is 12.8. The summed E-state index contributed by atoms with van der Waals surface area (Å²) in [6.07, 6.45) is 2.19. The van der Waals surface area contributed by atoms with Crippen LogP contribution in [0.3, 0.4) is 0 Å². The van der Waals surface area contributed by atoms with Gasteiger partial charge < -0.3 is 19.7 Å². The number of pyridine rings is 1. The molecular formula is C18H18N4O4. The minimum absolute atomic E-state index is 0.0861. The van der Waals surface area contributed by atoms with E-state index in [1.807, 2.05) is 13.0 Å². The van der Waals surface area contributed by atoms with Gasteiger partial charge in [-0.3, -0.25) is 4.79 Å². The van der Waals surface area contributed by atoms with Crippen molar-refractivity contribution in [1.82, 2.24) is 14.9 Å². The van der Waals surface area contributed by atoms with E-state index in [1.165, 1.54) is 6.07 Å². The summed E-state index contributed by atoms with van der Waals surface area (Å²) in [6, 6.07) is 6.41. The summed E-state index contributed by atoms with van der Waals surface area (Å²) < 4.78 is 7.02. The Morgan fingerprint density at radius 1 is 1.50 bits per heavy atom. The van der Waals surface area contributed by atoms with Crippen LogP contribution in [-0.4, -0.2) is 33.1 Å². The average molecular weight is 354 g/mol. The summed E-state index contributed by atoms with van der Waals surface area (Å²) in [5.74, 6) is -1.43. The minimum atomic E-state index is -1.08. The van der Waals surface area contributed by atoms with Crippen LogP contribution in [0.25, 0.3) is 0 Å². The molecule has 134 valence electrons. The number of fused-ring (bicyclic) bond motifs is 1. The number of carbonyl (C=O) groups is 2. The van der Waals surface area contributed by atoms with E-state index in [2.05, 4.69) is 10.3 Å². The highest BCUT2D eigenvalue weighted by atomic mass is 16.5. The number of hydrogen-bond donors (Lipinski definition) is 2. The largest absolute Gasteiger partial charge is 0.478 e. The van der Waals surface area contributed by atoms with Gasteiger partial charge in [0.15, 0.2) is 0 Å². The third-order valence-corrected chi connectivity index (χ3v) is 4.39. The Bertz CT molecular complexity index is 880. The van der Waals surface area contributed by atoms with Gasteiger partial charge in [-0.25, -0.2) is 9.78 Å². The minimum Gasteiger partial charge on any atom is -0.478 e. The molecule has 2 aromatic rings. The van der Waals surface area contributed by atoms with Gasteiger partial charge in [0, 0.05) is 12.7 Å². The van der Waals surface area contributed by atoms with Gasteiger partial charge in [-0.1, -0.05) is 13.0 Å². The zero-order chi connectivity index (χ0) is 18.7. The van der Waals surface area contributed by atoms with E-state index in [1.54, 1.807) is 22.9 Å². The number of carboxylic acids is 1. The van der Waals surface area contributed by atoms with Crippen molar-refractivity contribution in [3.05, 3.63) is 52.6 Å². The second kappa shape index (κ2) is 7.37. The maximum Gasteiger partial charge on any atom is 0.337 e. The summed E-state index contributed by atoms with van der Waals surface area (Å²) in [4.78, 5) is 28.2. The van der Waals surface area contributed by atoms with Crippen LogP contribution in [-0.2, 0) is 17.9 Å². The zero-order valence-corrected chi connectivity index (χ0v) is 14.2. The lowest BCUT2D eigenvalue weighted by Crippen LogP contribution is -2.31. The first-order valence-electron chi connectivity index (χ1n) is 8.25. The van der Waals surface area contributed by atoms with Crippen LogP contribution in [0.4, 0.5) is 0 Å². The molecule has 1 aliphatic heterocycles. The van der Waals surface area contributed by atoms with Gasteiger partial charge in [-0.15, -0.1) is 0 Å². The Morgan fingerprint density at radius 3 is 2.92 bits per heavy atom. The molecule has 1 amide bonds. The topological polar surface area (TPSA) is 117 Å². The number of amides is 1. The van der Waals surface area contributed by atoms with Crippen LogP contribution in [0.1, 0.15) is 57.2 Å². The normalized spacial score (nSPS) is 14.2. The second-order valence-corrected chi connectivity index (χ2v) is 5.92. The highest BCUT2D eigenvalue weighted by Crippen LogP contribution is 2.23. The van der Waals surface area contributed by atoms with Crippen molar-refractivity contribution in [3.63, 3.8) is 0 Å². The molecule has 8 nitrogen and oxygen atoms in total. The summed E-state index contributed by atoms with van der Waals surface area (Å²) in [7, 11) is 0. The zero-order valence-electron chi connectivity index (χ0n) is 14.2. The number of carbonyl (C=O) groups excluding carboxylic acids is 1. The van der Waals surface area contributed by atoms with E-state index in [9.17, 15) is 14.7 Å². The van der Waals surface area contributed by atoms with Crippen LogP contribution < -0.4 is 5.32 Å². The Labute approximate surface area is 150 Å². The van der Waals surface area contributed by atoms with Crippen molar-refractivity contribution in [3.8, 4) is 6.07 Å². The van der Waals surface area contributed by atoms with Crippen LogP contribution in [0.5, 0.6) is 0 Å². The van der Waals surface area contributed by atoms with Crippen molar-refractivity contribution in [2.24, 2.45) is 0 Å². The Balaban J connectivity index is 1.86. The molecule has 0 unspecified atom stereocenters. The standard InChI is InChI=1S/C18H18N4O4/c1-2-14(11-3-4-12(8-19)20-9-11)21-17(23)15-7-13(18(24)25)16-10-26-6-5-22(15)16/h3-4,7,9,14H,2,5-6,10H2,1H3,(H,21,23)(H,24,25)/t14-/m1/s1. The van der Waals surface area contributed by atoms with E-state index in [0.717, 1.165) is 5.56 Å². The summed E-state index contributed by atoms with van der Waals surface area (Å²) in [5, 5.41) is 21.1. The van der Waals surface area contributed by atoms with E-state index in [-0.39, 0.29) is 24.1 Å². The molecule has 1 atom stereocenters. The molecule has 0 bridgehead atoms. The van der Waals surface area contributed by atoms with Crippen LogP contribution in [0, 0.1) is 11.3 Å². The molecule has 26 heavy (non-hydrogen) atoms. The third kappa shape index (κ3) is 3.30. The van der Waals surface area contributed by atoms with Gasteiger partial charge in [0.25, 0.3) is 5.91 Å². The number of carboxylic acid groups (broad SMARTS) is 1. The fraction of sp³-hybridized carbons (Fsp3) is 0.333. The van der Waals surface area contributed by atoms with Gasteiger partial charge in [0.05, 0.1) is 30.5 Å². The molecule has 0 fully saturated rings. The molecule has 2 aromatic heterocycles. The van der Waals surface area contributed by atoms with Gasteiger partial charge in [0.1, 0.15) is 17.5 Å². The lowest BCUT2D eigenvalue weighted by Gasteiger charge is -2.21. The molecule has 0 aromatic carbocycles. The fourth-order valence-corrected chi connectivity index (χ4v) is 3.03. The van der Waals surface area contributed by atoms with Crippen LogP contribution in [0.2, 0.25) is 0 Å². The highest BCUT2D eigenvalue weighted by Gasteiger charge is 2.26. The maximum absolute atomic E-state index is 12.8. The molecule has 2 N–H and O–H groups in total. The molecule has 0 saturated heterocycles. The number of ether oxygens (including phenoxy) is 1. The van der Waals surface area contributed by atoms with Crippen LogP contribution >= 0.6 is 0 Å². The summed E-state index contributed by atoms with van der Waals surface area (Å²) in [6.45, 7) is 2.96. The van der Waals surface area contributed by atoms with Gasteiger partial charge in [-0.2, -0.15) is 5.26 Å². The average Bonchev–Trinajstić information content (AvgIpc) is 3.06. The van der Waals surface area contributed by atoms with Gasteiger partial charge >= 0.3 is 5.97 Å². The van der Waals surface area contributed by atoms with Gasteiger partial charge in [-0.05, 0) is 24.1 Å². The van der Waals surface area contributed by atoms with Crippen molar-refractivity contribution in [2.45, 2.75) is 32.5 Å². The molecule has 0 spiro atoms. The third-order valence-electron chi connectivity index (χ3n) is 4.39. The number of hydrogen-bond acceptors (Lipinski definition) is 5. The fourth-order valence-electron chi connectivity index (χ4n) is 3.03. The molecule has 0 aliphatic carbocycles. The molecule has 0 saturated carbocycles. The smallest absolute Gasteiger partial charge is 0.337 e. The predicted octanol–water partition coefficient (Wildman–Crippen LogP) is 1.86. The van der Waals surface area contributed by atoms with Crippen molar-refractivity contribution >= 4 is 11.9 Å². The first-order chi connectivity index (χ1) is 12.5. The number of aromatic nitrogens is 2. The predicted molar refractivity (Wildman–Crippen MR) is 90.5 cm³/mol. The molecular weight excluding hydrogens is 336 g/mol. The lowest BCUT2D eigenvalue weighted by molar-refractivity contribution is 0.0656. The quantitative estimate of drug-likeness (QED) is 0.846. The first-order valence-corrected chi connectivity index (χ1v) is 8.25. The van der Waals surface area contributed by atoms with E-state index in [0.29, 0.717) is 36.7 Å². The Morgan fingerprint density at radius 2 is 2.31 bits per heavy atom. The number of aromatic carboxylic acids is 1. The summed E-state index contributed by atoms with van der Waals surface area (Å²) >= 11 is 0. The van der Waals surface area contributed by atoms with E-state index in [4.69, 9.17) is 10.00 Å². The highest BCUT2D eigenvalue weighted by molar-refractivity contribution is 5.98. The van der Waals surface area contributed by atoms with Gasteiger partial charge in [0.2, 0.25) is 0 Å². The van der Waals surface area contributed by atoms with Crippen molar-refractivity contribution < 1.29 is 19.4 Å². The van der Waals surface area contributed by atoms with Crippen LogP contribution in [0.15, 0.2) is 24.4 Å². The number of nitriles is 1. The van der Waals surface area contributed by atoms with Crippen molar-refractivity contribution in [1.29, 1.82) is 5.26 Å². The van der Waals surface area contributed by atoms with E-state index >= 15 is 0 Å². The van der Waals surface area contributed by atoms with E-state index < -0.39 is 5.97 Å². The first kappa shape index (κ1) is 17.6. The molecule has 0 radical (unpaired) electrons. The molecule has 3 rings (SSSR count). The number of nitrogens with one attached hydrogen (secondary N) is 1. The SMILES string of the molecule is CC[C@@H](NC(=O)c1cc(C(=O)O)c2n1CCOC2)c1ccc(C#N)nc1. The molecule has 3 heterocycles. The number of nitrogens with zero attached hydrogens (tertiary/aromatic N) is 3. The molecule has 8 heteroatoms. The summed E-state index contributed by atoms with van der Waals surface area (Å²) in [5.41, 5.74) is 1.99. The second-order valence-electron chi connectivity index (χ2n) is 5.92. The molecule has 1 aliphatic rings. The Hall–Kier alpha value is -3.18. The lowest BCUT2D eigenvalue weighted by atomic mass is 10.1.